The lowest BCUT2D eigenvalue weighted by Gasteiger charge is -2.32. The minimum Gasteiger partial charge on any atom is -0.369 e. The van der Waals surface area contributed by atoms with Gasteiger partial charge in [0.2, 0.25) is 0 Å². The summed E-state index contributed by atoms with van der Waals surface area (Å²) in [6.07, 6.45) is -8.57. The van der Waals surface area contributed by atoms with Crippen molar-refractivity contribution in [2.45, 2.75) is 49.6 Å². The minimum atomic E-state index is -5.98. The Morgan fingerprint density at radius 3 is 2.00 bits per heavy atom. The second-order valence-corrected chi connectivity index (χ2v) is 7.86. The van der Waals surface area contributed by atoms with E-state index < -0.39 is 29.1 Å². The molecule has 1 fully saturated rings. The van der Waals surface area contributed by atoms with E-state index in [1.165, 1.54) is 4.57 Å². The Labute approximate surface area is 178 Å². The summed E-state index contributed by atoms with van der Waals surface area (Å²) in [4.78, 5) is 17.8. The molecule has 3 aromatic rings. The summed E-state index contributed by atoms with van der Waals surface area (Å²) in [6, 6.07) is 9.60. The number of para-hydroxylation sites is 1. The largest absolute Gasteiger partial charge is 0.430 e. The van der Waals surface area contributed by atoms with E-state index in [0.717, 1.165) is 37.8 Å². The van der Waals surface area contributed by atoms with E-state index in [0.29, 0.717) is 23.5 Å². The molecule has 170 valence electrons. The van der Waals surface area contributed by atoms with Crippen molar-refractivity contribution in [3.05, 3.63) is 70.3 Å². The Bertz CT molecular complexity index is 1180. The zero-order valence-electron chi connectivity index (χ0n) is 16.5. The van der Waals surface area contributed by atoms with Crippen LogP contribution in [0.15, 0.2) is 53.3 Å². The number of hydrogen-bond donors (Lipinski definition) is 1. The van der Waals surface area contributed by atoms with E-state index in [9.17, 15) is 36.2 Å². The van der Waals surface area contributed by atoms with Gasteiger partial charge >= 0.3 is 12.4 Å². The van der Waals surface area contributed by atoms with Crippen LogP contribution in [0.5, 0.6) is 0 Å². The van der Waals surface area contributed by atoms with Gasteiger partial charge in [-0.3, -0.25) is 9.36 Å². The Morgan fingerprint density at radius 1 is 0.875 bits per heavy atom. The van der Waals surface area contributed by atoms with Gasteiger partial charge in [-0.25, -0.2) is 4.98 Å². The summed E-state index contributed by atoms with van der Waals surface area (Å²) in [5.41, 5.74) is -6.33. The van der Waals surface area contributed by atoms with Crippen LogP contribution < -0.4 is 5.56 Å². The lowest BCUT2D eigenvalue weighted by molar-refractivity contribution is -0.376. The molecule has 4 rings (SSSR count). The number of aliphatic hydroxyl groups is 1. The van der Waals surface area contributed by atoms with Gasteiger partial charge in [-0.05, 0) is 37.1 Å². The van der Waals surface area contributed by atoms with Crippen LogP contribution >= 0.6 is 0 Å². The lowest BCUT2D eigenvalue weighted by atomic mass is 9.92. The monoisotopic (exact) mass is 456 g/mol. The van der Waals surface area contributed by atoms with Crippen molar-refractivity contribution in [2.24, 2.45) is 0 Å². The van der Waals surface area contributed by atoms with Gasteiger partial charge in [-0.15, -0.1) is 0 Å². The van der Waals surface area contributed by atoms with Crippen LogP contribution in [0.3, 0.4) is 0 Å². The van der Waals surface area contributed by atoms with Crippen LogP contribution in [0.4, 0.5) is 26.3 Å². The van der Waals surface area contributed by atoms with Crippen molar-refractivity contribution in [1.29, 1.82) is 0 Å². The molecule has 0 radical (unpaired) electrons. The molecule has 1 N–H and O–H groups in total. The third-order valence-electron chi connectivity index (χ3n) is 5.89. The lowest BCUT2D eigenvalue weighted by Crippen LogP contribution is -2.53. The SMILES string of the molecule is O=c1c2ccccc2nc(C2CCCC2)n1-c1ccc(C(O)(C(F)(F)F)C(F)(F)F)cc1. The maximum absolute atomic E-state index is 13.2. The molecule has 0 aliphatic heterocycles. The fourth-order valence-corrected chi connectivity index (χ4v) is 4.20. The number of hydrogen-bond acceptors (Lipinski definition) is 3. The number of halogens is 6. The van der Waals surface area contributed by atoms with E-state index in [-0.39, 0.29) is 17.0 Å². The van der Waals surface area contributed by atoms with Gasteiger partial charge in [0.15, 0.2) is 0 Å². The van der Waals surface area contributed by atoms with Gasteiger partial charge in [-0.1, -0.05) is 37.1 Å². The third kappa shape index (κ3) is 3.46. The topological polar surface area (TPSA) is 55.1 Å². The summed E-state index contributed by atoms with van der Waals surface area (Å²) < 4.78 is 80.3. The Hall–Kier alpha value is -2.88. The van der Waals surface area contributed by atoms with Gasteiger partial charge < -0.3 is 5.11 Å². The van der Waals surface area contributed by atoms with Crippen molar-refractivity contribution in [1.82, 2.24) is 9.55 Å². The summed E-state index contributed by atoms with van der Waals surface area (Å²) in [5.74, 6) is 0.357. The number of nitrogens with zero attached hydrogens (tertiary/aromatic N) is 2. The van der Waals surface area contributed by atoms with E-state index in [2.05, 4.69) is 4.98 Å². The van der Waals surface area contributed by atoms with Gasteiger partial charge in [0.05, 0.1) is 16.6 Å². The van der Waals surface area contributed by atoms with Crippen LogP contribution in [0.2, 0.25) is 0 Å². The number of aromatic nitrogens is 2. The second kappa shape index (κ2) is 7.61. The quantitative estimate of drug-likeness (QED) is 0.541. The van der Waals surface area contributed by atoms with Crippen LogP contribution in [0.25, 0.3) is 16.6 Å². The molecule has 0 spiro atoms. The normalized spacial score (nSPS) is 16.1. The Balaban J connectivity index is 1.89. The van der Waals surface area contributed by atoms with Crippen molar-refractivity contribution >= 4 is 10.9 Å². The first-order chi connectivity index (χ1) is 14.9. The molecule has 1 aliphatic carbocycles. The molecule has 1 saturated carbocycles. The molecule has 0 saturated heterocycles. The first kappa shape index (κ1) is 22.3. The zero-order valence-corrected chi connectivity index (χ0v) is 16.5. The number of alkyl halides is 6. The molecule has 0 unspecified atom stereocenters. The van der Waals surface area contributed by atoms with E-state index in [4.69, 9.17) is 0 Å². The molecule has 32 heavy (non-hydrogen) atoms. The molecule has 4 nitrogen and oxygen atoms in total. The van der Waals surface area contributed by atoms with Crippen LogP contribution in [0.1, 0.15) is 43.0 Å². The standard InChI is InChI=1S/C22H18F6N2O2/c23-21(24,25)20(32,22(26,27)28)14-9-11-15(12-10-14)30-18(13-5-1-2-6-13)29-17-8-4-3-7-16(17)19(30)31/h3-4,7-13,32H,1-2,5-6H2. The molecule has 2 aromatic carbocycles. The smallest absolute Gasteiger partial charge is 0.369 e. The third-order valence-corrected chi connectivity index (χ3v) is 5.89. The molecular formula is C22H18F6N2O2. The van der Waals surface area contributed by atoms with E-state index in [1.54, 1.807) is 24.3 Å². The van der Waals surface area contributed by atoms with Gasteiger partial charge in [0.1, 0.15) is 5.82 Å². The molecule has 0 atom stereocenters. The molecule has 0 bridgehead atoms. The van der Waals surface area contributed by atoms with Crippen molar-refractivity contribution < 1.29 is 31.4 Å². The summed E-state index contributed by atoms with van der Waals surface area (Å²) in [7, 11) is 0. The van der Waals surface area contributed by atoms with Crippen LogP contribution in [-0.4, -0.2) is 27.0 Å². The summed E-state index contributed by atoms with van der Waals surface area (Å²) in [5, 5.41) is 9.89. The summed E-state index contributed by atoms with van der Waals surface area (Å²) in [6.45, 7) is 0. The van der Waals surface area contributed by atoms with Crippen molar-refractivity contribution in [3.8, 4) is 5.69 Å². The van der Waals surface area contributed by atoms with Crippen LogP contribution in [0, 0.1) is 0 Å². The highest BCUT2D eigenvalue weighted by Gasteiger charge is 2.71. The predicted molar refractivity (Wildman–Crippen MR) is 105 cm³/mol. The maximum atomic E-state index is 13.2. The highest BCUT2D eigenvalue weighted by molar-refractivity contribution is 5.77. The second-order valence-electron chi connectivity index (χ2n) is 7.86. The van der Waals surface area contributed by atoms with E-state index >= 15 is 0 Å². The van der Waals surface area contributed by atoms with Crippen molar-refractivity contribution in [3.63, 3.8) is 0 Å². The molecular weight excluding hydrogens is 438 g/mol. The van der Waals surface area contributed by atoms with Gasteiger partial charge in [0.25, 0.3) is 11.2 Å². The number of benzene rings is 2. The fourth-order valence-electron chi connectivity index (χ4n) is 4.20. The predicted octanol–water partition coefficient (Wildman–Crippen LogP) is 5.36. The highest BCUT2D eigenvalue weighted by Crippen LogP contribution is 2.50. The highest BCUT2D eigenvalue weighted by atomic mass is 19.4. The van der Waals surface area contributed by atoms with Crippen molar-refractivity contribution in [2.75, 3.05) is 0 Å². The molecule has 1 heterocycles. The summed E-state index contributed by atoms with van der Waals surface area (Å²) >= 11 is 0. The van der Waals surface area contributed by atoms with E-state index in [1.807, 2.05) is 0 Å². The number of fused-ring (bicyclic) bond motifs is 1. The molecule has 1 aliphatic rings. The maximum Gasteiger partial charge on any atom is 0.430 e. The van der Waals surface area contributed by atoms with Crippen LogP contribution in [-0.2, 0) is 5.60 Å². The van der Waals surface area contributed by atoms with Gasteiger partial charge in [-0.2, -0.15) is 26.3 Å². The molecule has 1 aromatic heterocycles. The average Bonchev–Trinajstić information content (AvgIpc) is 3.26. The first-order valence-electron chi connectivity index (χ1n) is 9.93. The van der Waals surface area contributed by atoms with Gasteiger partial charge in [0, 0.05) is 11.5 Å². The Morgan fingerprint density at radius 2 is 1.44 bits per heavy atom. The molecule has 10 heteroatoms. The first-order valence-corrected chi connectivity index (χ1v) is 9.93. The molecule has 0 amide bonds. The number of rotatable bonds is 3. The minimum absolute atomic E-state index is 0.0609. The Kier molecular flexibility index (Phi) is 5.31. The average molecular weight is 456 g/mol. The fraction of sp³-hybridized carbons (Fsp3) is 0.364. The zero-order chi connectivity index (χ0) is 23.3.